The lowest BCUT2D eigenvalue weighted by Crippen LogP contribution is -2.38. The highest BCUT2D eigenvalue weighted by Crippen LogP contribution is 2.30. The van der Waals surface area contributed by atoms with E-state index in [0.717, 1.165) is 18.4 Å². The zero-order valence-electron chi connectivity index (χ0n) is 12.9. The topological polar surface area (TPSA) is 58.2 Å². The highest BCUT2D eigenvalue weighted by molar-refractivity contribution is 5.85. The summed E-state index contributed by atoms with van der Waals surface area (Å²) < 4.78 is 0. The lowest BCUT2D eigenvalue weighted by Gasteiger charge is -2.14. The van der Waals surface area contributed by atoms with Crippen LogP contribution < -0.4 is 10.6 Å². The molecule has 0 saturated carbocycles. The molecule has 23 heavy (non-hydrogen) atoms. The van der Waals surface area contributed by atoms with E-state index in [9.17, 15) is 9.59 Å². The predicted molar refractivity (Wildman–Crippen MR) is 88.8 cm³/mol. The number of hydrogen-bond acceptors (Lipinski definition) is 2. The quantitative estimate of drug-likeness (QED) is 0.889. The van der Waals surface area contributed by atoms with Crippen molar-refractivity contribution in [1.29, 1.82) is 0 Å². The van der Waals surface area contributed by atoms with E-state index < -0.39 is 0 Å². The molecule has 1 aliphatic rings. The number of nitrogens with one attached hydrogen (secondary N) is 2. The molecule has 0 spiro atoms. The maximum atomic E-state index is 12.0. The first-order valence-electron chi connectivity index (χ1n) is 7.90. The summed E-state index contributed by atoms with van der Waals surface area (Å²) in [6.07, 6.45) is 2.20. The highest BCUT2D eigenvalue weighted by Gasteiger charge is 2.23. The molecule has 0 saturated heterocycles. The van der Waals surface area contributed by atoms with Crippen LogP contribution in [0.25, 0.3) is 0 Å². The number of benzene rings is 2. The van der Waals surface area contributed by atoms with Gasteiger partial charge in [0.05, 0.1) is 19.0 Å². The first kappa shape index (κ1) is 15.3. The predicted octanol–water partition coefficient (Wildman–Crippen LogP) is 2.15. The maximum Gasteiger partial charge on any atom is 0.239 e. The Hall–Kier alpha value is -2.62. The molecule has 2 amide bonds. The molecule has 1 atom stereocenters. The van der Waals surface area contributed by atoms with Crippen molar-refractivity contribution in [2.24, 2.45) is 0 Å². The lowest BCUT2D eigenvalue weighted by atomic mass is 10.1. The SMILES string of the molecule is O=C(Cc1ccccc1)NCC(=O)NC1CCc2ccccc21. The number of fused-ring (bicyclic) bond motifs is 1. The minimum Gasteiger partial charge on any atom is -0.348 e. The second kappa shape index (κ2) is 7.09. The zero-order chi connectivity index (χ0) is 16.1. The molecule has 0 aliphatic heterocycles. The summed E-state index contributed by atoms with van der Waals surface area (Å²) in [5.41, 5.74) is 3.43. The van der Waals surface area contributed by atoms with Crippen LogP contribution in [0.5, 0.6) is 0 Å². The van der Waals surface area contributed by atoms with Crippen LogP contribution in [0.2, 0.25) is 0 Å². The fourth-order valence-electron chi connectivity index (χ4n) is 2.98. The van der Waals surface area contributed by atoms with Gasteiger partial charge in [-0.25, -0.2) is 0 Å². The molecule has 4 heteroatoms. The molecule has 2 aromatic rings. The minimum absolute atomic E-state index is 0.0182. The third-order valence-corrected chi connectivity index (χ3v) is 4.12. The number of aryl methyl sites for hydroxylation is 1. The van der Waals surface area contributed by atoms with Crippen LogP contribution in [0.1, 0.15) is 29.2 Å². The van der Waals surface area contributed by atoms with E-state index in [1.54, 1.807) is 0 Å². The van der Waals surface area contributed by atoms with E-state index >= 15 is 0 Å². The summed E-state index contributed by atoms with van der Waals surface area (Å²) in [6.45, 7) is 0.0182. The molecule has 0 heterocycles. The van der Waals surface area contributed by atoms with Crippen LogP contribution in [-0.4, -0.2) is 18.4 Å². The van der Waals surface area contributed by atoms with Crippen LogP contribution in [0.3, 0.4) is 0 Å². The molecule has 3 rings (SSSR count). The number of carbonyl (C=O) groups excluding carboxylic acids is 2. The molecule has 1 unspecified atom stereocenters. The first-order chi connectivity index (χ1) is 11.2. The van der Waals surface area contributed by atoms with Gasteiger partial charge in [-0.3, -0.25) is 9.59 Å². The molecular formula is C19H20N2O2. The second-order valence-corrected chi connectivity index (χ2v) is 5.80. The van der Waals surface area contributed by atoms with Crippen molar-refractivity contribution in [3.05, 3.63) is 71.3 Å². The molecule has 0 fully saturated rings. The van der Waals surface area contributed by atoms with Crippen molar-refractivity contribution in [3.8, 4) is 0 Å². The second-order valence-electron chi connectivity index (χ2n) is 5.80. The average Bonchev–Trinajstić information content (AvgIpc) is 2.97. The van der Waals surface area contributed by atoms with E-state index in [0.29, 0.717) is 6.42 Å². The van der Waals surface area contributed by atoms with Crippen LogP contribution in [-0.2, 0) is 22.4 Å². The Bertz CT molecular complexity index is 698. The van der Waals surface area contributed by atoms with E-state index in [4.69, 9.17) is 0 Å². The van der Waals surface area contributed by atoms with Gasteiger partial charge in [0.15, 0.2) is 0 Å². The Kier molecular flexibility index (Phi) is 4.71. The first-order valence-corrected chi connectivity index (χ1v) is 7.90. The van der Waals surface area contributed by atoms with Crippen molar-refractivity contribution < 1.29 is 9.59 Å². The van der Waals surface area contributed by atoms with Gasteiger partial charge in [0, 0.05) is 0 Å². The van der Waals surface area contributed by atoms with Crippen molar-refractivity contribution >= 4 is 11.8 Å². The minimum atomic E-state index is -0.145. The van der Waals surface area contributed by atoms with E-state index in [2.05, 4.69) is 22.8 Å². The normalized spacial score (nSPS) is 15.7. The van der Waals surface area contributed by atoms with Gasteiger partial charge in [0.25, 0.3) is 0 Å². The fraction of sp³-hybridized carbons (Fsp3) is 0.263. The monoisotopic (exact) mass is 308 g/mol. The van der Waals surface area contributed by atoms with Gasteiger partial charge in [-0.15, -0.1) is 0 Å². The van der Waals surface area contributed by atoms with Gasteiger partial charge in [-0.1, -0.05) is 54.6 Å². The Balaban J connectivity index is 1.46. The zero-order valence-corrected chi connectivity index (χ0v) is 12.9. The third kappa shape index (κ3) is 3.97. The molecular weight excluding hydrogens is 288 g/mol. The van der Waals surface area contributed by atoms with Crippen molar-refractivity contribution in [1.82, 2.24) is 10.6 Å². The largest absolute Gasteiger partial charge is 0.348 e. The van der Waals surface area contributed by atoms with Crippen LogP contribution in [0.15, 0.2) is 54.6 Å². The van der Waals surface area contributed by atoms with E-state index in [1.807, 2.05) is 42.5 Å². The summed E-state index contributed by atoms with van der Waals surface area (Å²) in [7, 11) is 0. The Morgan fingerprint density at radius 1 is 0.957 bits per heavy atom. The Morgan fingerprint density at radius 3 is 2.52 bits per heavy atom. The molecule has 0 bridgehead atoms. The van der Waals surface area contributed by atoms with Gasteiger partial charge in [0.1, 0.15) is 0 Å². The van der Waals surface area contributed by atoms with Gasteiger partial charge >= 0.3 is 0 Å². The smallest absolute Gasteiger partial charge is 0.239 e. The van der Waals surface area contributed by atoms with Gasteiger partial charge < -0.3 is 10.6 Å². The summed E-state index contributed by atoms with van der Waals surface area (Å²) in [5, 5.41) is 5.68. The molecule has 2 aromatic carbocycles. The molecule has 0 radical (unpaired) electrons. The fourth-order valence-corrected chi connectivity index (χ4v) is 2.98. The lowest BCUT2D eigenvalue weighted by molar-refractivity contribution is -0.126. The van der Waals surface area contributed by atoms with Gasteiger partial charge in [-0.2, -0.15) is 0 Å². The van der Waals surface area contributed by atoms with Crippen LogP contribution in [0, 0.1) is 0 Å². The third-order valence-electron chi connectivity index (χ3n) is 4.12. The molecule has 4 nitrogen and oxygen atoms in total. The Labute approximate surface area is 135 Å². The summed E-state index contributed by atoms with van der Waals surface area (Å²) >= 11 is 0. The Morgan fingerprint density at radius 2 is 1.70 bits per heavy atom. The summed E-state index contributed by atoms with van der Waals surface area (Å²) in [6, 6.07) is 17.7. The maximum absolute atomic E-state index is 12.0. The van der Waals surface area contributed by atoms with Crippen molar-refractivity contribution in [2.45, 2.75) is 25.3 Å². The summed E-state index contributed by atoms with van der Waals surface area (Å²) in [4.78, 5) is 23.9. The molecule has 0 aromatic heterocycles. The standard InChI is InChI=1S/C19H20N2O2/c22-18(12-14-6-2-1-3-7-14)20-13-19(23)21-17-11-10-15-8-4-5-9-16(15)17/h1-9,17H,10-13H2,(H,20,22)(H,21,23). The van der Waals surface area contributed by atoms with Crippen molar-refractivity contribution in [2.75, 3.05) is 6.54 Å². The van der Waals surface area contributed by atoms with E-state index in [1.165, 1.54) is 11.1 Å². The summed E-state index contributed by atoms with van der Waals surface area (Å²) in [5.74, 6) is -0.286. The van der Waals surface area contributed by atoms with Gasteiger partial charge in [-0.05, 0) is 29.5 Å². The van der Waals surface area contributed by atoms with Crippen molar-refractivity contribution in [3.63, 3.8) is 0 Å². The number of rotatable bonds is 5. The number of hydrogen-bond donors (Lipinski definition) is 2. The molecule has 2 N–H and O–H groups in total. The van der Waals surface area contributed by atoms with Gasteiger partial charge in [0.2, 0.25) is 11.8 Å². The van der Waals surface area contributed by atoms with E-state index in [-0.39, 0.29) is 24.4 Å². The number of carbonyl (C=O) groups is 2. The van der Waals surface area contributed by atoms with Crippen LogP contribution in [0.4, 0.5) is 0 Å². The molecule has 1 aliphatic carbocycles. The average molecular weight is 308 g/mol. The highest BCUT2D eigenvalue weighted by atomic mass is 16.2. The number of amides is 2. The van der Waals surface area contributed by atoms with Crippen LogP contribution >= 0.6 is 0 Å². The molecule has 118 valence electrons.